The molecule has 0 spiro atoms. The van der Waals surface area contributed by atoms with E-state index in [1.165, 1.54) is 51.6 Å². The van der Waals surface area contributed by atoms with E-state index in [2.05, 4.69) is 11.8 Å². The summed E-state index contributed by atoms with van der Waals surface area (Å²) in [5.41, 5.74) is 0. The van der Waals surface area contributed by atoms with E-state index in [1.807, 2.05) is 0 Å². The lowest BCUT2D eigenvalue weighted by Crippen LogP contribution is -2.39. The van der Waals surface area contributed by atoms with Gasteiger partial charge in [-0.2, -0.15) is 0 Å². The maximum atomic E-state index is 2.74. The third-order valence-corrected chi connectivity index (χ3v) is 3.68. The van der Waals surface area contributed by atoms with Gasteiger partial charge in [-0.15, -0.1) is 0 Å². The Kier molecular flexibility index (Phi) is 2.69. The van der Waals surface area contributed by atoms with Crippen LogP contribution >= 0.6 is 0 Å². The van der Waals surface area contributed by atoms with Crippen LogP contribution in [-0.4, -0.2) is 24.0 Å². The Labute approximate surface area is 76.1 Å². The van der Waals surface area contributed by atoms with E-state index in [9.17, 15) is 0 Å². The van der Waals surface area contributed by atoms with Gasteiger partial charge in [-0.25, -0.2) is 0 Å². The lowest BCUT2D eigenvalue weighted by Gasteiger charge is -2.36. The van der Waals surface area contributed by atoms with Crippen molar-refractivity contribution in [2.24, 2.45) is 5.92 Å². The van der Waals surface area contributed by atoms with E-state index in [-0.39, 0.29) is 0 Å². The highest BCUT2D eigenvalue weighted by Crippen LogP contribution is 2.29. The van der Waals surface area contributed by atoms with Gasteiger partial charge in [-0.3, -0.25) is 0 Å². The number of rotatable bonds is 1. The average Bonchev–Trinajstić information content (AvgIpc) is 2.57. The number of hydrogen-bond donors (Lipinski definition) is 0. The zero-order valence-electron chi connectivity index (χ0n) is 8.26. The van der Waals surface area contributed by atoms with E-state index < -0.39 is 0 Å². The number of likely N-dealkylation sites (tertiary alicyclic amines) is 1. The van der Waals surface area contributed by atoms with Gasteiger partial charge in [0.05, 0.1) is 0 Å². The molecule has 1 aliphatic heterocycles. The molecule has 0 aromatic rings. The fourth-order valence-electron chi connectivity index (χ4n) is 2.91. The lowest BCUT2D eigenvalue weighted by atomic mass is 9.85. The Hall–Kier alpha value is -0.0400. The quantitative estimate of drug-likeness (QED) is 0.580. The predicted octanol–water partition coefficient (Wildman–Crippen LogP) is 2.66. The molecule has 0 radical (unpaired) electrons. The van der Waals surface area contributed by atoms with Gasteiger partial charge < -0.3 is 4.90 Å². The summed E-state index contributed by atoms with van der Waals surface area (Å²) < 4.78 is 0. The Morgan fingerprint density at radius 1 is 0.917 bits per heavy atom. The van der Waals surface area contributed by atoms with Crippen LogP contribution in [0.1, 0.15) is 45.4 Å². The molecular weight excluding hydrogens is 146 g/mol. The molecule has 1 heteroatoms. The Morgan fingerprint density at radius 2 is 1.58 bits per heavy atom. The zero-order valence-corrected chi connectivity index (χ0v) is 8.26. The van der Waals surface area contributed by atoms with Crippen molar-refractivity contribution in [1.29, 1.82) is 0 Å². The fourth-order valence-corrected chi connectivity index (χ4v) is 2.91. The summed E-state index contributed by atoms with van der Waals surface area (Å²) in [6.07, 6.45) is 8.80. The van der Waals surface area contributed by atoms with Gasteiger partial charge in [0.25, 0.3) is 0 Å². The molecule has 1 aliphatic carbocycles. The fraction of sp³-hybridized carbons (Fsp3) is 1.00. The van der Waals surface area contributed by atoms with E-state index in [0.29, 0.717) is 0 Å². The van der Waals surface area contributed by atoms with Crippen LogP contribution in [-0.2, 0) is 0 Å². The normalized spacial score (nSPS) is 38.8. The Bertz CT molecular complexity index is 138. The van der Waals surface area contributed by atoms with Gasteiger partial charge in [-0.1, -0.05) is 19.8 Å². The molecular formula is C11H21N. The first kappa shape index (κ1) is 8.55. The SMILES string of the molecule is C[C@@H]1CCCC[C@H]1N1CCCC1. The van der Waals surface area contributed by atoms with Crippen LogP contribution in [0, 0.1) is 5.92 Å². The molecule has 2 fully saturated rings. The lowest BCUT2D eigenvalue weighted by molar-refractivity contribution is 0.138. The van der Waals surface area contributed by atoms with E-state index in [4.69, 9.17) is 0 Å². The van der Waals surface area contributed by atoms with E-state index >= 15 is 0 Å². The molecule has 1 heterocycles. The van der Waals surface area contributed by atoms with E-state index in [0.717, 1.165) is 12.0 Å². The second kappa shape index (κ2) is 3.78. The first-order valence-electron chi connectivity index (χ1n) is 5.62. The van der Waals surface area contributed by atoms with Crippen molar-refractivity contribution in [3.63, 3.8) is 0 Å². The molecule has 0 aromatic carbocycles. The van der Waals surface area contributed by atoms with Crippen molar-refractivity contribution >= 4 is 0 Å². The van der Waals surface area contributed by atoms with Crippen LogP contribution in [0.4, 0.5) is 0 Å². The molecule has 0 amide bonds. The van der Waals surface area contributed by atoms with Crippen molar-refractivity contribution in [1.82, 2.24) is 4.90 Å². The molecule has 1 nitrogen and oxygen atoms in total. The van der Waals surface area contributed by atoms with Gasteiger partial charge in [0.2, 0.25) is 0 Å². The molecule has 12 heavy (non-hydrogen) atoms. The molecule has 2 atom stereocenters. The van der Waals surface area contributed by atoms with Crippen molar-refractivity contribution in [2.75, 3.05) is 13.1 Å². The summed E-state index contributed by atoms with van der Waals surface area (Å²) >= 11 is 0. The molecule has 1 saturated carbocycles. The van der Waals surface area contributed by atoms with E-state index in [1.54, 1.807) is 0 Å². The minimum absolute atomic E-state index is 0.946. The number of hydrogen-bond acceptors (Lipinski definition) is 1. The van der Waals surface area contributed by atoms with Crippen LogP contribution in [0.15, 0.2) is 0 Å². The Morgan fingerprint density at radius 3 is 2.25 bits per heavy atom. The molecule has 2 rings (SSSR count). The van der Waals surface area contributed by atoms with Crippen LogP contribution < -0.4 is 0 Å². The highest BCUT2D eigenvalue weighted by atomic mass is 15.2. The van der Waals surface area contributed by atoms with Crippen LogP contribution in [0.2, 0.25) is 0 Å². The second-order valence-electron chi connectivity index (χ2n) is 4.57. The minimum atomic E-state index is 0.946. The summed E-state index contributed by atoms with van der Waals surface area (Å²) in [6.45, 7) is 5.21. The van der Waals surface area contributed by atoms with Crippen molar-refractivity contribution < 1.29 is 0 Å². The number of nitrogens with zero attached hydrogens (tertiary/aromatic N) is 1. The smallest absolute Gasteiger partial charge is 0.0121 e. The van der Waals surface area contributed by atoms with Gasteiger partial charge in [0.15, 0.2) is 0 Å². The molecule has 1 saturated heterocycles. The highest BCUT2D eigenvalue weighted by Gasteiger charge is 2.28. The zero-order chi connectivity index (χ0) is 8.39. The molecule has 0 aromatic heterocycles. The first-order chi connectivity index (χ1) is 5.88. The maximum absolute atomic E-state index is 2.74. The van der Waals surface area contributed by atoms with Crippen LogP contribution in [0.25, 0.3) is 0 Å². The molecule has 0 unspecified atom stereocenters. The second-order valence-corrected chi connectivity index (χ2v) is 4.57. The summed E-state index contributed by atoms with van der Waals surface area (Å²) in [6, 6.07) is 0.946. The topological polar surface area (TPSA) is 3.24 Å². The first-order valence-corrected chi connectivity index (χ1v) is 5.62. The summed E-state index contributed by atoms with van der Waals surface area (Å²) in [5, 5.41) is 0. The van der Waals surface area contributed by atoms with Crippen LogP contribution in [0.5, 0.6) is 0 Å². The predicted molar refractivity (Wildman–Crippen MR) is 52.2 cm³/mol. The van der Waals surface area contributed by atoms with Gasteiger partial charge >= 0.3 is 0 Å². The average molecular weight is 167 g/mol. The minimum Gasteiger partial charge on any atom is -0.300 e. The summed E-state index contributed by atoms with van der Waals surface area (Å²) in [5.74, 6) is 0.969. The monoisotopic (exact) mass is 167 g/mol. The third kappa shape index (κ3) is 1.66. The van der Waals surface area contributed by atoms with Crippen molar-refractivity contribution in [3.8, 4) is 0 Å². The Balaban J connectivity index is 1.91. The molecule has 0 N–H and O–H groups in total. The van der Waals surface area contributed by atoms with Gasteiger partial charge in [0, 0.05) is 6.04 Å². The summed E-state index contributed by atoms with van der Waals surface area (Å²) in [7, 11) is 0. The molecule has 0 bridgehead atoms. The van der Waals surface area contributed by atoms with Gasteiger partial charge in [0.1, 0.15) is 0 Å². The highest BCUT2D eigenvalue weighted by molar-refractivity contribution is 4.83. The van der Waals surface area contributed by atoms with Crippen LogP contribution in [0.3, 0.4) is 0 Å². The van der Waals surface area contributed by atoms with Gasteiger partial charge in [-0.05, 0) is 44.7 Å². The standard InChI is InChI=1S/C11H21N/c1-10-6-2-3-7-11(10)12-8-4-5-9-12/h10-11H,2-9H2,1H3/t10-,11-/m1/s1. The molecule has 2 aliphatic rings. The largest absolute Gasteiger partial charge is 0.300 e. The summed E-state index contributed by atoms with van der Waals surface area (Å²) in [4.78, 5) is 2.74. The van der Waals surface area contributed by atoms with Crippen molar-refractivity contribution in [3.05, 3.63) is 0 Å². The third-order valence-electron chi connectivity index (χ3n) is 3.68. The molecule has 70 valence electrons. The maximum Gasteiger partial charge on any atom is 0.0121 e. The van der Waals surface area contributed by atoms with Crippen molar-refractivity contribution in [2.45, 2.75) is 51.5 Å².